The lowest BCUT2D eigenvalue weighted by atomic mass is 10.1. The Hall–Kier alpha value is -3.02. The molecule has 0 unspecified atom stereocenters. The molecule has 0 bridgehead atoms. The Bertz CT molecular complexity index is 755. The topological polar surface area (TPSA) is 80.9 Å². The lowest BCUT2D eigenvalue weighted by Gasteiger charge is -2.03. The Morgan fingerprint density at radius 2 is 1.91 bits per heavy atom. The monoisotopic (exact) mass is 296 g/mol. The van der Waals surface area contributed by atoms with Crippen molar-refractivity contribution in [3.63, 3.8) is 0 Å². The molecule has 0 fully saturated rings. The van der Waals surface area contributed by atoms with E-state index in [2.05, 4.69) is 21.6 Å². The van der Waals surface area contributed by atoms with Crippen molar-refractivity contribution in [3.8, 4) is 5.95 Å². The van der Waals surface area contributed by atoms with E-state index in [9.17, 15) is 4.79 Å². The minimum absolute atomic E-state index is 0.0891. The third-order valence-electron chi connectivity index (χ3n) is 2.86. The van der Waals surface area contributed by atoms with E-state index in [-0.39, 0.29) is 5.56 Å². The van der Waals surface area contributed by atoms with Gasteiger partial charge in [-0.3, -0.25) is 0 Å². The maximum Gasteiger partial charge on any atom is 0.338 e. The van der Waals surface area contributed by atoms with Crippen molar-refractivity contribution in [1.82, 2.24) is 19.7 Å². The molecule has 0 aliphatic rings. The average molecular weight is 296 g/mol. The molecule has 0 atom stereocenters. The number of carboxylic acids is 1. The molecule has 1 N–H and O–H groups in total. The van der Waals surface area contributed by atoms with E-state index in [1.54, 1.807) is 12.4 Å². The maximum absolute atomic E-state index is 10.8. The fourth-order valence-corrected chi connectivity index (χ4v) is 1.72. The Morgan fingerprint density at radius 1 is 1.23 bits per heavy atom. The minimum atomic E-state index is -1.04. The van der Waals surface area contributed by atoms with Gasteiger partial charge in [0.25, 0.3) is 0 Å². The first-order chi connectivity index (χ1) is 10.5. The van der Waals surface area contributed by atoms with Crippen molar-refractivity contribution < 1.29 is 9.90 Å². The zero-order valence-electron chi connectivity index (χ0n) is 12.4. The summed E-state index contributed by atoms with van der Waals surface area (Å²) < 4.78 is 1.33. The van der Waals surface area contributed by atoms with Gasteiger partial charge in [0.1, 0.15) is 0 Å². The van der Waals surface area contributed by atoms with Crippen LogP contribution in [0.3, 0.4) is 0 Å². The SMILES string of the molecule is C=C(C)/C=C\C(=C/C)c1cnc(-n2cc(C(=O)O)cn2)nc1. The van der Waals surface area contributed by atoms with Crippen LogP contribution in [-0.2, 0) is 0 Å². The van der Waals surface area contributed by atoms with Gasteiger partial charge in [0.05, 0.1) is 11.8 Å². The Balaban J connectivity index is 2.25. The number of carboxylic acid groups (broad SMARTS) is 1. The maximum atomic E-state index is 10.8. The van der Waals surface area contributed by atoms with Crippen LogP contribution in [0, 0.1) is 0 Å². The number of aromatic nitrogens is 4. The van der Waals surface area contributed by atoms with Gasteiger partial charge in [-0.15, -0.1) is 0 Å². The summed E-state index contributed by atoms with van der Waals surface area (Å²) >= 11 is 0. The quantitative estimate of drug-likeness (QED) is 0.858. The minimum Gasteiger partial charge on any atom is -0.478 e. The molecule has 0 aliphatic heterocycles. The van der Waals surface area contributed by atoms with Gasteiger partial charge in [-0.1, -0.05) is 30.4 Å². The second-order valence-corrected chi connectivity index (χ2v) is 4.67. The molecule has 0 amide bonds. The number of nitrogens with zero attached hydrogens (tertiary/aromatic N) is 4. The molecule has 0 aliphatic carbocycles. The highest BCUT2D eigenvalue weighted by atomic mass is 16.4. The molecule has 6 heteroatoms. The van der Waals surface area contributed by atoms with Crippen molar-refractivity contribution in [2.75, 3.05) is 0 Å². The highest BCUT2D eigenvalue weighted by molar-refractivity contribution is 5.86. The van der Waals surface area contributed by atoms with Gasteiger partial charge in [0.15, 0.2) is 0 Å². The van der Waals surface area contributed by atoms with Gasteiger partial charge in [-0.2, -0.15) is 5.10 Å². The highest BCUT2D eigenvalue weighted by Gasteiger charge is 2.09. The average Bonchev–Trinajstić information content (AvgIpc) is 2.98. The van der Waals surface area contributed by atoms with Crippen LogP contribution in [0.15, 0.2) is 55.2 Å². The van der Waals surface area contributed by atoms with Crippen LogP contribution in [-0.4, -0.2) is 30.8 Å². The first-order valence-electron chi connectivity index (χ1n) is 6.62. The van der Waals surface area contributed by atoms with Gasteiger partial charge < -0.3 is 5.11 Å². The van der Waals surface area contributed by atoms with E-state index < -0.39 is 5.97 Å². The van der Waals surface area contributed by atoms with Crippen molar-refractivity contribution >= 4 is 11.5 Å². The lowest BCUT2D eigenvalue weighted by molar-refractivity contribution is 0.0697. The molecule has 0 spiro atoms. The molecular formula is C16H16N4O2. The van der Waals surface area contributed by atoms with Gasteiger partial charge >= 0.3 is 5.97 Å². The Morgan fingerprint density at radius 3 is 2.41 bits per heavy atom. The predicted octanol–water partition coefficient (Wildman–Crippen LogP) is 2.90. The molecule has 2 aromatic heterocycles. The molecule has 2 aromatic rings. The summed E-state index contributed by atoms with van der Waals surface area (Å²) in [7, 11) is 0. The molecule has 0 saturated heterocycles. The normalized spacial score (nSPS) is 11.8. The molecule has 0 aromatic carbocycles. The van der Waals surface area contributed by atoms with E-state index in [1.807, 2.05) is 32.1 Å². The molecule has 22 heavy (non-hydrogen) atoms. The first kappa shape index (κ1) is 15.4. The summed E-state index contributed by atoms with van der Waals surface area (Å²) in [6, 6.07) is 0. The molecule has 2 rings (SSSR count). The van der Waals surface area contributed by atoms with E-state index in [0.717, 1.165) is 16.7 Å². The number of aromatic carboxylic acids is 1. The second-order valence-electron chi connectivity index (χ2n) is 4.67. The lowest BCUT2D eigenvalue weighted by Crippen LogP contribution is -2.02. The smallest absolute Gasteiger partial charge is 0.338 e. The van der Waals surface area contributed by atoms with Gasteiger partial charge in [-0.25, -0.2) is 19.4 Å². The molecule has 0 radical (unpaired) electrons. The zero-order chi connectivity index (χ0) is 16.1. The summed E-state index contributed by atoms with van der Waals surface area (Å²) in [6.07, 6.45) is 11.8. The number of allylic oxidation sites excluding steroid dienone is 5. The van der Waals surface area contributed by atoms with Crippen LogP contribution >= 0.6 is 0 Å². The Labute approximate surface area is 128 Å². The van der Waals surface area contributed by atoms with Gasteiger partial charge in [0, 0.05) is 24.2 Å². The van der Waals surface area contributed by atoms with Crippen molar-refractivity contribution in [1.29, 1.82) is 0 Å². The molecule has 2 heterocycles. The number of carbonyl (C=O) groups is 1. The molecular weight excluding hydrogens is 280 g/mol. The van der Waals surface area contributed by atoms with Crippen LogP contribution < -0.4 is 0 Å². The van der Waals surface area contributed by atoms with Crippen LogP contribution in [0.1, 0.15) is 29.8 Å². The van der Waals surface area contributed by atoms with E-state index in [1.165, 1.54) is 17.1 Å². The highest BCUT2D eigenvalue weighted by Crippen LogP contribution is 2.15. The molecule has 0 saturated carbocycles. The largest absolute Gasteiger partial charge is 0.478 e. The summed E-state index contributed by atoms with van der Waals surface area (Å²) in [6.45, 7) is 7.67. The summed E-state index contributed by atoms with van der Waals surface area (Å²) in [4.78, 5) is 19.3. The van der Waals surface area contributed by atoms with Crippen LogP contribution in [0.2, 0.25) is 0 Å². The second kappa shape index (κ2) is 6.62. The van der Waals surface area contributed by atoms with E-state index >= 15 is 0 Å². The fourth-order valence-electron chi connectivity index (χ4n) is 1.72. The Kier molecular flexibility index (Phi) is 4.63. The van der Waals surface area contributed by atoms with Gasteiger partial charge in [-0.05, 0) is 19.4 Å². The predicted molar refractivity (Wildman–Crippen MR) is 83.7 cm³/mol. The number of rotatable bonds is 5. The van der Waals surface area contributed by atoms with Crippen LogP contribution in [0.5, 0.6) is 0 Å². The van der Waals surface area contributed by atoms with Crippen LogP contribution in [0.25, 0.3) is 11.5 Å². The molecule has 6 nitrogen and oxygen atoms in total. The van der Waals surface area contributed by atoms with E-state index in [0.29, 0.717) is 5.95 Å². The van der Waals surface area contributed by atoms with Crippen LogP contribution in [0.4, 0.5) is 0 Å². The van der Waals surface area contributed by atoms with Crippen molar-refractivity contribution in [2.24, 2.45) is 0 Å². The number of hydrogen-bond donors (Lipinski definition) is 1. The molecule has 112 valence electrons. The standard InChI is InChI=1S/C16H16N4O2/c1-4-12(6-5-11(2)3)13-7-17-16(18-8-13)20-10-14(9-19-20)15(21)22/h4-10H,2H2,1,3H3,(H,21,22)/b6-5-,12-4+. The van der Waals surface area contributed by atoms with Gasteiger partial charge in [0.2, 0.25) is 5.95 Å². The third-order valence-corrected chi connectivity index (χ3v) is 2.86. The zero-order valence-corrected chi connectivity index (χ0v) is 12.4. The number of hydrogen-bond acceptors (Lipinski definition) is 4. The van der Waals surface area contributed by atoms with Crippen molar-refractivity contribution in [3.05, 3.63) is 66.3 Å². The van der Waals surface area contributed by atoms with E-state index in [4.69, 9.17) is 5.11 Å². The third kappa shape index (κ3) is 3.54. The summed E-state index contributed by atoms with van der Waals surface area (Å²) in [5, 5.41) is 12.8. The van der Waals surface area contributed by atoms with Crippen molar-refractivity contribution in [2.45, 2.75) is 13.8 Å². The first-order valence-corrected chi connectivity index (χ1v) is 6.62. The fraction of sp³-hybridized carbons (Fsp3) is 0.125. The summed E-state index contributed by atoms with van der Waals surface area (Å²) in [5.41, 5.74) is 2.87. The summed E-state index contributed by atoms with van der Waals surface area (Å²) in [5.74, 6) is -0.723.